The first kappa shape index (κ1) is 79.1. The lowest BCUT2D eigenvalue weighted by Gasteiger charge is -2.20. The SMILES string of the molecule is CCCCCCCCC/C=C/C(O)C(CO)NC(=O)CCCCCCCCCCCCCCCCCCC/C=C\C/C=C\CCCCCCCCCCCCCCCOC(=O)CCCCCCCCCCCCCCCCCCCC. The molecule has 0 heterocycles. The number of hydrogen-bond donors (Lipinski definition) is 3. The summed E-state index contributed by atoms with van der Waals surface area (Å²) in [6.07, 6.45) is 91.2. The fourth-order valence-electron chi connectivity index (χ4n) is 11.6. The third kappa shape index (κ3) is 67.1. The van der Waals surface area contributed by atoms with Crippen LogP contribution in [0.15, 0.2) is 36.5 Å². The van der Waals surface area contributed by atoms with E-state index in [1.807, 2.05) is 6.08 Å². The maximum Gasteiger partial charge on any atom is 0.305 e. The number of allylic oxidation sites excluding steroid dienone is 5. The van der Waals surface area contributed by atoms with Crippen LogP contribution in [0.1, 0.15) is 406 Å². The lowest BCUT2D eigenvalue weighted by Crippen LogP contribution is -2.45. The van der Waals surface area contributed by atoms with Crippen LogP contribution in [0.25, 0.3) is 0 Å². The van der Waals surface area contributed by atoms with E-state index in [0.29, 0.717) is 19.4 Å². The second-order valence-electron chi connectivity index (χ2n) is 25.3. The van der Waals surface area contributed by atoms with E-state index >= 15 is 0 Å². The van der Waals surface area contributed by atoms with Crippen molar-refractivity contribution in [3.63, 3.8) is 0 Å². The van der Waals surface area contributed by atoms with Crippen molar-refractivity contribution in [3.8, 4) is 0 Å². The number of ether oxygens (including phenoxy) is 1. The fraction of sp³-hybridized carbons (Fsp3) is 0.893. The number of unbranched alkanes of at least 4 members (excludes halogenated alkanes) is 54. The summed E-state index contributed by atoms with van der Waals surface area (Å²) in [4.78, 5) is 24.5. The van der Waals surface area contributed by atoms with Crippen molar-refractivity contribution in [1.82, 2.24) is 5.32 Å². The quantitative estimate of drug-likeness (QED) is 0.0320. The molecule has 0 aliphatic rings. The molecule has 1 amide bonds. The fourth-order valence-corrected chi connectivity index (χ4v) is 11.6. The number of esters is 1. The number of carbonyl (C=O) groups is 2. The van der Waals surface area contributed by atoms with E-state index in [0.717, 1.165) is 44.9 Å². The van der Waals surface area contributed by atoms with Crippen molar-refractivity contribution in [2.45, 2.75) is 418 Å². The molecule has 0 rings (SSSR count). The van der Waals surface area contributed by atoms with Crippen LogP contribution in [-0.2, 0) is 14.3 Å². The molecule has 0 bridgehead atoms. The van der Waals surface area contributed by atoms with Crippen molar-refractivity contribution in [3.05, 3.63) is 36.5 Å². The number of carbonyl (C=O) groups excluding carboxylic acids is 2. The summed E-state index contributed by atoms with van der Waals surface area (Å²) < 4.78 is 5.51. The van der Waals surface area contributed by atoms with Gasteiger partial charge in [-0.2, -0.15) is 0 Å². The van der Waals surface area contributed by atoms with E-state index in [-0.39, 0.29) is 18.5 Å². The molecule has 0 saturated heterocycles. The van der Waals surface area contributed by atoms with E-state index in [9.17, 15) is 19.8 Å². The minimum atomic E-state index is -0.840. The molecule has 2 atom stereocenters. The Hall–Kier alpha value is -1.92. The third-order valence-corrected chi connectivity index (χ3v) is 17.2. The molecule has 0 aliphatic carbocycles. The average molecular weight is 1140 g/mol. The Morgan fingerprint density at radius 2 is 0.617 bits per heavy atom. The lowest BCUT2D eigenvalue weighted by molar-refractivity contribution is -0.143. The standard InChI is InChI=1S/C75H143NO5/c1-3-5-7-9-11-13-14-15-16-17-40-43-46-49-53-57-61-65-69-75(80)81-70-66-62-58-54-50-47-44-41-38-36-34-32-30-28-26-24-22-20-18-19-21-23-25-27-29-31-33-35-37-39-42-45-48-52-56-60-64-68-74(79)76-72(71-77)73(78)67-63-59-55-51-12-10-8-6-4-2/h18,20,24,26,63,67,72-73,77-78H,3-17,19,21-23,25,27-62,64-66,68-71H2,1-2H3,(H,76,79)/b20-18-,26-24-,67-63+. The van der Waals surface area contributed by atoms with Gasteiger partial charge in [-0.15, -0.1) is 0 Å². The van der Waals surface area contributed by atoms with Gasteiger partial charge in [0, 0.05) is 12.8 Å². The van der Waals surface area contributed by atoms with Crippen LogP contribution >= 0.6 is 0 Å². The first-order valence-corrected chi connectivity index (χ1v) is 36.8. The molecule has 0 aromatic carbocycles. The van der Waals surface area contributed by atoms with Gasteiger partial charge in [0.1, 0.15) is 0 Å². The number of rotatable bonds is 69. The number of aliphatic hydroxyl groups is 2. The highest BCUT2D eigenvalue weighted by atomic mass is 16.5. The summed E-state index contributed by atoms with van der Waals surface area (Å²) in [7, 11) is 0. The Labute approximate surface area is 506 Å². The number of amides is 1. The molecule has 0 aromatic rings. The van der Waals surface area contributed by atoms with Crippen LogP contribution < -0.4 is 5.32 Å². The van der Waals surface area contributed by atoms with Gasteiger partial charge in [0.2, 0.25) is 5.91 Å². The van der Waals surface area contributed by atoms with Crippen molar-refractivity contribution in [1.29, 1.82) is 0 Å². The van der Waals surface area contributed by atoms with Gasteiger partial charge in [0.15, 0.2) is 0 Å². The number of hydrogen-bond acceptors (Lipinski definition) is 5. The Kier molecular flexibility index (Phi) is 68.9. The van der Waals surface area contributed by atoms with Gasteiger partial charge >= 0.3 is 5.97 Å². The van der Waals surface area contributed by atoms with E-state index in [4.69, 9.17) is 4.74 Å². The summed E-state index contributed by atoms with van der Waals surface area (Å²) in [5.74, 6) is -0.0433. The van der Waals surface area contributed by atoms with Crippen molar-refractivity contribution >= 4 is 11.9 Å². The third-order valence-electron chi connectivity index (χ3n) is 17.2. The smallest absolute Gasteiger partial charge is 0.305 e. The molecule has 81 heavy (non-hydrogen) atoms. The van der Waals surface area contributed by atoms with Gasteiger partial charge in [0.05, 0.1) is 25.4 Å². The molecule has 0 radical (unpaired) electrons. The summed E-state index contributed by atoms with van der Waals surface area (Å²) in [5, 5.41) is 23.0. The average Bonchev–Trinajstić information content (AvgIpc) is 3.47. The zero-order chi connectivity index (χ0) is 58.5. The van der Waals surface area contributed by atoms with Crippen molar-refractivity contribution in [2.75, 3.05) is 13.2 Å². The highest BCUT2D eigenvalue weighted by Crippen LogP contribution is 2.19. The van der Waals surface area contributed by atoms with Crippen molar-refractivity contribution < 1.29 is 24.5 Å². The van der Waals surface area contributed by atoms with Gasteiger partial charge in [-0.25, -0.2) is 0 Å². The van der Waals surface area contributed by atoms with E-state index in [2.05, 4.69) is 43.5 Å². The zero-order valence-electron chi connectivity index (χ0n) is 54.8. The molecule has 0 spiro atoms. The first-order valence-electron chi connectivity index (χ1n) is 36.8. The Balaban J connectivity index is 3.33. The first-order chi connectivity index (χ1) is 40.0. The minimum absolute atomic E-state index is 0.0234. The zero-order valence-corrected chi connectivity index (χ0v) is 54.8. The largest absolute Gasteiger partial charge is 0.466 e. The van der Waals surface area contributed by atoms with Crippen LogP contribution in [-0.4, -0.2) is 47.4 Å². The molecule has 0 aromatic heterocycles. The van der Waals surface area contributed by atoms with E-state index in [1.54, 1.807) is 6.08 Å². The van der Waals surface area contributed by atoms with Crippen LogP contribution in [0.2, 0.25) is 0 Å². The predicted molar refractivity (Wildman–Crippen MR) is 356 cm³/mol. The van der Waals surface area contributed by atoms with Gasteiger partial charge in [-0.3, -0.25) is 9.59 Å². The van der Waals surface area contributed by atoms with E-state index in [1.165, 1.54) is 334 Å². The Bertz CT molecular complexity index is 1310. The molecule has 0 aliphatic heterocycles. The molecule has 0 fully saturated rings. The Morgan fingerprint density at radius 3 is 0.938 bits per heavy atom. The lowest BCUT2D eigenvalue weighted by atomic mass is 10.0. The predicted octanol–water partition coefficient (Wildman–Crippen LogP) is 23.9. The molecule has 3 N–H and O–H groups in total. The summed E-state index contributed by atoms with van der Waals surface area (Å²) >= 11 is 0. The van der Waals surface area contributed by atoms with Gasteiger partial charge < -0.3 is 20.3 Å². The second kappa shape index (κ2) is 70.6. The van der Waals surface area contributed by atoms with Gasteiger partial charge in [-0.05, 0) is 64.2 Å². The molecular formula is C75H143NO5. The summed E-state index contributed by atoms with van der Waals surface area (Å²) in [6.45, 7) is 4.91. The normalized spacial score (nSPS) is 12.7. The topological polar surface area (TPSA) is 95.9 Å². The molecule has 2 unspecified atom stereocenters. The van der Waals surface area contributed by atoms with Crippen LogP contribution in [0.4, 0.5) is 0 Å². The summed E-state index contributed by atoms with van der Waals surface area (Å²) in [6, 6.07) is -0.624. The molecule has 478 valence electrons. The Morgan fingerprint density at radius 1 is 0.346 bits per heavy atom. The van der Waals surface area contributed by atoms with E-state index < -0.39 is 12.1 Å². The monoisotopic (exact) mass is 1140 g/mol. The van der Waals surface area contributed by atoms with Crippen LogP contribution in [0.3, 0.4) is 0 Å². The maximum atomic E-state index is 12.4. The molecule has 6 heteroatoms. The van der Waals surface area contributed by atoms with Crippen LogP contribution in [0, 0.1) is 0 Å². The minimum Gasteiger partial charge on any atom is -0.466 e. The van der Waals surface area contributed by atoms with Crippen molar-refractivity contribution in [2.24, 2.45) is 0 Å². The highest BCUT2D eigenvalue weighted by molar-refractivity contribution is 5.76. The number of aliphatic hydroxyl groups excluding tert-OH is 2. The van der Waals surface area contributed by atoms with Gasteiger partial charge in [0.25, 0.3) is 0 Å². The molecular weight excluding hydrogens is 995 g/mol. The maximum absolute atomic E-state index is 12.4. The highest BCUT2D eigenvalue weighted by Gasteiger charge is 2.18. The molecule has 6 nitrogen and oxygen atoms in total. The van der Waals surface area contributed by atoms with Gasteiger partial charge in [-0.1, -0.05) is 365 Å². The number of nitrogens with one attached hydrogen (secondary N) is 1. The molecule has 0 saturated carbocycles. The summed E-state index contributed by atoms with van der Waals surface area (Å²) in [5.41, 5.74) is 0. The van der Waals surface area contributed by atoms with Crippen LogP contribution in [0.5, 0.6) is 0 Å². The second-order valence-corrected chi connectivity index (χ2v) is 25.3.